The molecule has 0 saturated carbocycles. The van der Waals surface area contributed by atoms with Crippen LogP contribution in [-0.4, -0.2) is 12.3 Å². The first-order chi connectivity index (χ1) is 15.2. The Morgan fingerprint density at radius 1 is 1.03 bits per heavy atom. The van der Waals surface area contributed by atoms with Crippen LogP contribution in [0, 0.1) is 0 Å². The van der Waals surface area contributed by atoms with Gasteiger partial charge in [-0.05, 0) is 51.3 Å². The molecule has 2 heterocycles. The van der Waals surface area contributed by atoms with E-state index in [1.165, 1.54) is 36.6 Å². The number of aliphatic imine (C=N–C) groups is 1. The van der Waals surface area contributed by atoms with Gasteiger partial charge in [-0.3, -0.25) is 4.99 Å². The van der Waals surface area contributed by atoms with Gasteiger partial charge in [-0.25, -0.2) is 0 Å². The maximum absolute atomic E-state index is 4.86. The van der Waals surface area contributed by atoms with Gasteiger partial charge >= 0.3 is 0 Å². The normalized spacial score (nSPS) is 15.0. The van der Waals surface area contributed by atoms with E-state index in [1.54, 1.807) is 0 Å². The Labute approximate surface area is 195 Å². The van der Waals surface area contributed by atoms with Crippen molar-refractivity contribution in [3.63, 3.8) is 0 Å². The monoisotopic (exact) mass is 451 g/mol. The molecule has 0 spiro atoms. The van der Waals surface area contributed by atoms with Gasteiger partial charge in [0.05, 0.1) is 0 Å². The summed E-state index contributed by atoms with van der Waals surface area (Å²) in [6, 6.07) is 8.74. The van der Waals surface area contributed by atoms with Gasteiger partial charge in [-0.2, -0.15) is 0 Å². The van der Waals surface area contributed by atoms with Gasteiger partial charge in [0.1, 0.15) is 0 Å². The fourth-order valence-electron chi connectivity index (χ4n) is 3.40. The van der Waals surface area contributed by atoms with E-state index in [1.807, 2.05) is 57.3 Å². The van der Waals surface area contributed by atoms with Gasteiger partial charge in [0, 0.05) is 32.5 Å². The predicted octanol–water partition coefficient (Wildman–Crippen LogP) is 9.38. The molecule has 3 rings (SSSR count). The van der Waals surface area contributed by atoms with Gasteiger partial charge in [0.15, 0.2) is 0 Å². The number of rotatable bonds is 7. The molecule has 0 aliphatic carbocycles. The van der Waals surface area contributed by atoms with Crippen molar-refractivity contribution >= 4 is 39.7 Å². The molecule has 3 heteroatoms. The molecule has 1 aliphatic heterocycles. The lowest BCUT2D eigenvalue weighted by Crippen LogP contribution is -2.10. The van der Waals surface area contributed by atoms with Crippen LogP contribution in [0.1, 0.15) is 59.9 Å². The SMILES string of the molecule is C=C/C=C\C(=C/C)P(/C(C=C)=C/C)c1sc2ccccc2c1C1=NCCC1.CC.CC. The summed E-state index contributed by atoms with van der Waals surface area (Å²) in [4.78, 5) is 4.86. The van der Waals surface area contributed by atoms with Crippen LogP contribution in [0.15, 0.2) is 89.5 Å². The molecule has 1 aromatic carbocycles. The third-order valence-corrected chi connectivity index (χ3v) is 8.97. The van der Waals surface area contributed by atoms with E-state index < -0.39 is 7.92 Å². The number of thiophene rings is 1. The topological polar surface area (TPSA) is 12.4 Å². The molecule has 0 fully saturated rings. The second kappa shape index (κ2) is 14.9. The van der Waals surface area contributed by atoms with E-state index in [9.17, 15) is 0 Å². The molecular weight excluding hydrogens is 413 g/mol. The van der Waals surface area contributed by atoms with Gasteiger partial charge in [0.25, 0.3) is 0 Å². The minimum absolute atomic E-state index is 0.671. The highest BCUT2D eigenvalue weighted by atomic mass is 32.1. The Bertz CT molecular complexity index is 972. The van der Waals surface area contributed by atoms with Crippen molar-refractivity contribution in [3.8, 4) is 0 Å². The predicted molar refractivity (Wildman–Crippen MR) is 149 cm³/mol. The van der Waals surface area contributed by atoms with Gasteiger partial charge < -0.3 is 0 Å². The highest BCUT2D eigenvalue weighted by Crippen LogP contribution is 2.55. The highest BCUT2D eigenvalue weighted by Gasteiger charge is 2.27. The quantitative estimate of drug-likeness (QED) is 0.294. The van der Waals surface area contributed by atoms with Crippen molar-refractivity contribution < 1.29 is 0 Å². The summed E-state index contributed by atoms with van der Waals surface area (Å²) in [7, 11) is -0.671. The van der Waals surface area contributed by atoms with Crippen LogP contribution in [0.4, 0.5) is 0 Å². The van der Waals surface area contributed by atoms with Gasteiger partial charge in [-0.1, -0.05) is 95.5 Å². The highest BCUT2D eigenvalue weighted by molar-refractivity contribution is 7.79. The molecule has 0 radical (unpaired) electrons. The van der Waals surface area contributed by atoms with Crippen LogP contribution in [0.25, 0.3) is 10.1 Å². The van der Waals surface area contributed by atoms with Crippen molar-refractivity contribution in [1.29, 1.82) is 0 Å². The van der Waals surface area contributed by atoms with Crippen LogP contribution < -0.4 is 4.62 Å². The molecule has 31 heavy (non-hydrogen) atoms. The van der Waals surface area contributed by atoms with E-state index >= 15 is 0 Å². The molecule has 0 amide bonds. The van der Waals surface area contributed by atoms with Gasteiger partial charge in [0.2, 0.25) is 0 Å². The van der Waals surface area contributed by atoms with Crippen LogP contribution in [0.2, 0.25) is 0 Å². The van der Waals surface area contributed by atoms with Crippen molar-refractivity contribution in [2.75, 3.05) is 6.54 Å². The zero-order chi connectivity index (χ0) is 23.2. The van der Waals surface area contributed by atoms with E-state index in [0.29, 0.717) is 0 Å². The van der Waals surface area contributed by atoms with E-state index in [0.717, 1.165) is 19.4 Å². The summed E-state index contributed by atoms with van der Waals surface area (Å²) < 4.78 is 2.77. The minimum Gasteiger partial charge on any atom is -0.289 e. The second-order valence-corrected chi connectivity index (χ2v) is 9.78. The average Bonchev–Trinajstić information content (AvgIpc) is 3.49. The lowest BCUT2D eigenvalue weighted by molar-refractivity contribution is 0.951. The zero-order valence-corrected chi connectivity index (χ0v) is 21.8. The average molecular weight is 452 g/mol. The lowest BCUT2D eigenvalue weighted by atomic mass is 10.1. The summed E-state index contributed by atoms with van der Waals surface area (Å²) in [6.45, 7) is 21.1. The smallest absolute Gasteiger partial charge is 0.0470 e. The first-order valence-electron chi connectivity index (χ1n) is 11.3. The molecule has 166 valence electrons. The van der Waals surface area contributed by atoms with Crippen molar-refractivity contribution in [2.24, 2.45) is 4.99 Å². The third-order valence-electron chi connectivity index (χ3n) is 4.66. The molecular formula is C28H38NPS. The number of hydrogen-bond acceptors (Lipinski definition) is 2. The maximum Gasteiger partial charge on any atom is 0.0470 e. The Balaban J connectivity index is 0.00000113. The van der Waals surface area contributed by atoms with E-state index in [4.69, 9.17) is 4.99 Å². The van der Waals surface area contributed by atoms with Crippen LogP contribution in [0.5, 0.6) is 0 Å². The summed E-state index contributed by atoms with van der Waals surface area (Å²) in [5, 5.41) is 3.95. The summed E-state index contributed by atoms with van der Waals surface area (Å²) >= 11 is 1.91. The molecule has 1 unspecified atom stereocenters. The zero-order valence-electron chi connectivity index (χ0n) is 20.1. The molecule has 1 aliphatic rings. The van der Waals surface area contributed by atoms with Crippen LogP contribution in [0.3, 0.4) is 0 Å². The Morgan fingerprint density at radius 3 is 2.26 bits per heavy atom. The Morgan fingerprint density at radius 2 is 1.71 bits per heavy atom. The molecule has 1 aromatic heterocycles. The molecule has 1 atom stereocenters. The number of hydrogen-bond donors (Lipinski definition) is 0. The molecule has 1 nitrogen and oxygen atoms in total. The number of nitrogens with zero attached hydrogens (tertiary/aromatic N) is 1. The standard InChI is InChI=1S/C24H26NPS.2C2H6/c1-5-9-13-19(8-4)26(18(6-2)7-3)24-23(21-15-12-17-25-21)20-14-10-11-16-22(20)27-24;2*1-2/h5-11,13-14,16H,1-2,12,15,17H2,3-4H3;2*1-2H3/b13-9-,18-7+,19-8+;;. The maximum atomic E-state index is 4.86. The van der Waals surface area contributed by atoms with Crippen molar-refractivity contribution in [1.82, 2.24) is 0 Å². The molecule has 0 saturated heterocycles. The minimum atomic E-state index is -0.671. The fraction of sp³-hybridized carbons (Fsp3) is 0.321. The van der Waals surface area contributed by atoms with Crippen LogP contribution in [-0.2, 0) is 0 Å². The van der Waals surface area contributed by atoms with Crippen molar-refractivity contribution in [2.45, 2.75) is 54.4 Å². The summed E-state index contributed by atoms with van der Waals surface area (Å²) in [6.07, 6.45) is 14.7. The number of allylic oxidation sites excluding steroid dienone is 8. The van der Waals surface area contributed by atoms with Crippen LogP contribution >= 0.6 is 19.3 Å². The third kappa shape index (κ3) is 6.48. The summed E-state index contributed by atoms with van der Waals surface area (Å²) in [5.41, 5.74) is 2.64. The van der Waals surface area contributed by atoms with E-state index in [-0.39, 0.29) is 0 Å². The van der Waals surface area contributed by atoms with Crippen molar-refractivity contribution in [3.05, 3.63) is 90.1 Å². The van der Waals surface area contributed by atoms with E-state index in [2.05, 4.69) is 69.5 Å². The first kappa shape index (κ1) is 27.0. The Hall–Kier alpha value is -2.02. The first-order valence-corrected chi connectivity index (χ1v) is 13.5. The second-order valence-electron chi connectivity index (χ2n) is 6.27. The van der Waals surface area contributed by atoms with Gasteiger partial charge in [-0.15, -0.1) is 11.3 Å². The fourth-order valence-corrected chi connectivity index (χ4v) is 7.83. The lowest BCUT2D eigenvalue weighted by Gasteiger charge is -2.21. The number of fused-ring (bicyclic) bond motifs is 1. The number of benzene rings is 1. The molecule has 0 N–H and O–H groups in total. The largest absolute Gasteiger partial charge is 0.289 e. The molecule has 2 aromatic rings. The summed E-state index contributed by atoms with van der Waals surface area (Å²) in [5.74, 6) is 0. The Kier molecular flexibility index (Phi) is 13.0. The molecule has 0 bridgehead atoms.